The van der Waals surface area contributed by atoms with Crippen LogP contribution in [0, 0.1) is 0 Å². The van der Waals surface area contributed by atoms with Crippen LogP contribution in [0.15, 0.2) is 90.2 Å². The summed E-state index contributed by atoms with van der Waals surface area (Å²) in [4.78, 5) is 30.6. The summed E-state index contributed by atoms with van der Waals surface area (Å²) in [6.07, 6.45) is 2.71. The Labute approximate surface area is 220 Å². The Hall–Kier alpha value is -4.16. The first-order valence-corrected chi connectivity index (χ1v) is 12.5. The van der Waals surface area contributed by atoms with Gasteiger partial charge in [-0.25, -0.2) is 9.78 Å². The highest BCUT2D eigenvalue weighted by molar-refractivity contribution is 6.30. The molecule has 0 saturated heterocycles. The SMILES string of the molecule is C=Cc1cc(CNc2nc(Cl)c3n(c2=O)[C@H](C(=O)OCc2ccccc2)CC3)cc(-c2ccccc2)c1. The van der Waals surface area contributed by atoms with E-state index < -0.39 is 12.0 Å². The maximum Gasteiger partial charge on any atom is 0.329 e. The van der Waals surface area contributed by atoms with Gasteiger partial charge in [-0.15, -0.1) is 0 Å². The van der Waals surface area contributed by atoms with E-state index in [4.69, 9.17) is 16.3 Å². The van der Waals surface area contributed by atoms with Crippen LogP contribution in [-0.2, 0) is 29.1 Å². The maximum absolute atomic E-state index is 13.4. The van der Waals surface area contributed by atoms with E-state index in [-0.39, 0.29) is 23.1 Å². The number of hydrogen-bond donors (Lipinski definition) is 1. The molecule has 0 aliphatic carbocycles. The average Bonchev–Trinajstić information content (AvgIpc) is 3.40. The fourth-order valence-corrected chi connectivity index (χ4v) is 4.86. The van der Waals surface area contributed by atoms with Gasteiger partial charge in [-0.1, -0.05) is 84.9 Å². The van der Waals surface area contributed by atoms with E-state index in [1.165, 1.54) is 4.57 Å². The van der Waals surface area contributed by atoms with E-state index in [1.807, 2.05) is 66.7 Å². The van der Waals surface area contributed by atoms with Gasteiger partial charge in [0.05, 0.1) is 5.69 Å². The number of halogens is 1. The molecule has 0 amide bonds. The van der Waals surface area contributed by atoms with E-state index in [1.54, 1.807) is 6.08 Å². The van der Waals surface area contributed by atoms with Crippen molar-refractivity contribution < 1.29 is 9.53 Å². The van der Waals surface area contributed by atoms with Crippen molar-refractivity contribution in [2.45, 2.75) is 32.0 Å². The third-order valence-corrected chi connectivity index (χ3v) is 6.74. The summed E-state index contributed by atoms with van der Waals surface area (Å²) < 4.78 is 6.95. The minimum absolute atomic E-state index is 0.0989. The fraction of sp³-hybridized carbons (Fsp3) is 0.167. The van der Waals surface area contributed by atoms with Crippen molar-refractivity contribution in [2.24, 2.45) is 0 Å². The molecule has 0 radical (unpaired) electrons. The van der Waals surface area contributed by atoms with Crippen LogP contribution in [-0.4, -0.2) is 15.5 Å². The Morgan fingerprint density at radius 3 is 2.51 bits per heavy atom. The zero-order valence-corrected chi connectivity index (χ0v) is 20.9. The molecule has 37 heavy (non-hydrogen) atoms. The molecule has 186 valence electrons. The fourth-order valence-electron chi connectivity index (χ4n) is 4.59. The van der Waals surface area contributed by atoms with Crippen molar-refractivity contribution in [2.75, 3.05) is 5.32 Å². The summed E-state index contributed by atoms with van der Waals surface area (Å²) in [6.45, 7) is 4.40. The first-order chi connectivity index (χ1) is 18.0. The molecular weight excluding hydrogens is 486 g/mol. The van der Waals surface area contributed by atoms with Gasteiger partial charge in [0.2, 0.25) is 0 Å². The third kappa shape index (κ3) is 5.34. The van der Waals surface area contributed by atoms with Crippen LogP contribution >= 0.6 is 11.6 Å². The molecule has 7 heteroatoms. The summed E-state index contributed by atoms with van der Waals surface area (Å²) >= 11 is 6.45. The Kier molecular flexibility index (Phi) is 7.19. The molecule has 1 aromatic heterocycles. The smallest absolute Gasteiger partial charge is 0.329 e. The van der Waals surface area contributed by atoms with Crippen LogP contribution in [0.1, 0.15) is 34.8 Å². The molecule has 1 aliphatic rings. The monoisotopic (exact) mass is 511 g/mol. The maximum atomic E-state index is 13.4. The number of rotatable bonds is 8. The van der Waals surface area contributed by atoms with Crippen LogP contribution in [0.3, 0.4) is 0 Å². The van der Waals surface area contributed by atoms with E-state index in [0.717, 1.165) is 27.8 Å². The average molecular weight is 512 g/mol. The predicted molar refractivity (Wildman–Crippen MR) is 146 cm³/mol. The summed E-state index contributed by atoms with van der Waals surface area (Å²) in [7, 11) is 0. The van der Waals surface area contributed by atoms with Crippen molar-refractivity contribution in [1.29, 1.82) is 0 Å². The second kappa shape index (κ2) is 10.8. The molecule has 5 rings (SSSR count). The predicted octanol–water partition coefficient (Wildman–Crippen LogP) is 6.05. The summed E-state index contributed by atoms with van der Waals surface area (Å²) in [5.41, 5.74) is 5.11. The van der Waals surface area contributed by atoms with Crippen LogP contribution in [0.4, 0.5) is 5.82 Å². The van der Waals surface area contributed by atoms with Crippen molar-refractivity contribution in [1.82, 2.24) is 9.55 Å². The molecule has 0 spiro atoms. The van der Waals surface area contributed by atoms with Crippen LogP contribution in [0.5, 0.6) is 0 Å². The molecule has 6 nitrogen and oxygen atoms in total. The van der Waals surface area contributed by atoms with Crippen molar-refractivity contribution in [3.8, 4) is 11.1 Å². The first kappa shape index (κ1) is 24.5. The van der Waals surface area contributed by atoms with Crippen molar-refractivity contribution in [3.63, 3.8) is 0 Å². The van der Waals surface area contributed by atoms with E-state index in [9.17, 15) is 9.59 Å². The lowest BCUT2D eigenvalue weighted by Crippen LogP contribution is -2.31. The highest BCUT2D eigenvalue weighted by Gasteiger charge is 2.33. The van der Waals surface area contributed by atoms with Gasteiger partial charge in [-0.05, 0) is 58.9 Å². The number of anilines is 1. The number of hydrogen-bond acceptors (Lipinski definition) is 5. The standard InChI is InChI=1S/C30H26ClN3O3/c1-2-20-15-22(17-24(16-20)23-11-7-4-8-12-23)18-32-28-29(35)34-25(27(31)33-28)13-14-26(34)30(36)37-19-21-9-5-3-6-10-21/h2-12,15-17,26H,1,13-14,18-19H2,(H,32,33)/t26-/m0/s1. The zero-order chi connectivity index (χ0) is 25.8. The van der Waals surface area contributed by atoms with Gasteiger partial charge >= 0.3 is 5.97 Å². The molecule has 1 aliphatic heterocycles. The number of ether oxygens (including phenoxy) is 1. The van der Waals surface area contributed by atoms with Gasteiger partial charge in [-0.3, -0.25) is 9.36 Å². The Morgan fingerprint density at radius 2 is 1.78 bits per heavy atom. The largest absolute Gasteiger partial charge is 0.459 e. The minimum Gasteiger partial charge on any atom is -0.459 e. The molecule has 0 bridgehead atoms. The highest BCUT2D eigenvalue weighted by atomic mass is 35.5. The molecule has 0 saturated carbocycles. The number of carbonyl (C=O) groups excluding carboxylic acids is 1. The Morgan fingerprint density at radius 1 is 1.05 bits per heavy atom. The van der Waals surface area contributed by atoms with E-state index in [0.29, 0.717) is 25.1 Å². The third-order valence-electron chi connectivity index (χ3n) is 6.44. The second-order valence-corrected chi connectivity index (χ2v) is 9.27. The van der Waals surface area contributed by atoms with Gasteiger partial charge in [0.1, 0.15) is 12.6 Å². The number of carbonyl (C=O) groups is 1. The van der Waals surface area contributed by atoms with Gasteiger partial charge in [0.15, 0.2) is 11.0 Å². The van der Waals surface area contributed by atoms with Crippen molar-refractivity contribution in [3.05, 3.63) is 123 Å². The normalized spacial score (nSPS) is 14.1. The first-order valence-electron chi connectivity index (χ1n) is 12.1. The number of benzene rings is 3. The summed E-state index contributed by atoms with van der Waals surface area (Å²) in [5.74, 6) is -0.356. The number of aromatic nitrogens is 2. The lowest BCUT2D eigenvalue weighted by atomic mass is 9.99. The number of fused-ring (bicyclic) bond motifs is 1. The van der Waals surface area contributed by atoms with Crippen LogP contribution < -0.4 is 10.9 Å². The minimum atomic E-state index is -0.735. The van der Waals surface area contributed by atoms with Crippen molar-refractivity contribution >= 4 is 29.5 Å². The van der Waals surface area contributed by atoms with E-state index in [2.05, 4.69) is 29.0 Å². The van der Waals surface area contributed by atoms with Gasteiger partial charge in [0, 0.05) is 6.54 Å². The lowest BCUT2D eigenvalue weighted by Gasteiger charge is -2.16. The van der Waals surface area contributed by atoms with Crippen LogP contribution in [0.25, 0.3) is 17.2 Å². The van der Waals surface area contributed by atoms with Gasteiger partial charge < -0.3 is 10.1 Å². The topological polar surface area (TPSA) is 73.2 Å². The highest BCUT2D eigenvalue weighted by Crippen LogP contribution is 2.30. The van der Waals surface area contributed by atoms with Crippen LogP contribution in [0.2, 0.25) is 5.15 Å². The molecular formula is C30H26ClN3O3. The number of nitrogens with zero attached hydrogens (tertiary/aromatic N) is 2. The summed E-state index contributed by atoms with van der Waals surface area (Å²) in [5, 5.41) is 3.35. The molecule has 4 aromatic rings. The summed E-state index contributed by atoms with van der Waals surface area (Å²) in [6, 6.07) is 24.9. The Balaban J connectivity index is 1.37. The van der Waals surface area contributed by atoms with Gasteiger partial charge in [0.25, 0.3) is 5.56 Å². The molecule has 1 N–H and O–H groups in total. The quantitative estimate of drug-likeness (QED) is 0.291. The molecule has 2 heterocycles. The zero-order valence-electron chi connectivity index (χ0n) is 20.2. The Bertz CT molecular complexity index is 1500. The number of nitrogens with one attached hydrogen (secondary N) is 1. The molecule has 3 aromatic carbocycles. The molecule has 0 fully saturated rings. The van der Waals surface area contributed by atoms with E-state index >= 15 is 0 Å². The lowest BCUT2D eigenvalue weighted by molar-refractivity contribution is -0.148. The molecule has 1 atom stereocenters. The second-order valence-electron chi connectivity index (χ2n) is 8.91. The number of esters is 1. The van der Waals surface area contributed by atoms with Gasteiger partial charge in [-0.2, -0.15) is 0 Å². The molecule has 0 unspecified atom stereocenters.